The number of hydrogen-bond donors (Lipinski definition) is 1. The summed E-state index contributed by atoms with van der Waals surface area (Å²) in [6, 6.07) is 0. The molecule has 0 spiro atoms. The minimum atomic E-state index is -3.07. The second-order valence-electron chi connectivity index (χ2n) is 2.40. The van der Waals surface area contributed by atoms with Gasteiger partial charge in [-0.05, 0) is 6.42 Å². The number of sulfone groups is 1. The molecule has 0 unspecified atom stereocenters. The Morgan fingerprint density at radius 2 is 2.00 bits per heavy atom. The molecule has 0 saturated heterocycles. The molecule has 0 aromatic rings. The summed E-state index contributed by atoms with van der Waals surface area (Å²) in [4.78, 5) is 10.2. The molecule has 0 fully saturated rings. The van der Waals surface area contributed by atoms with Crippen LogP contribution in [0.25, 0.3) is 0 Å². The van der Waals surface area contributed by atoms with Crippen LogP contribution >= 0.6 is 0 Å². The molecule has 70 valence electrons. The van der Waals surface area contributed by atoms with Gasteiger partial charge in [0.25, 0.3) is 0 Å². The molecule has 0 saturated carbocycles. The predicted octanol–water partition coefficient (Wildman–Crippen LogP) is 0.452. The van der Waals surface area contributed by atoms with E-state index < -0.39 is 15.8 Å². The molecule has 0 atom stereocenters. The van der Waals surface area contributed by atoms with Crippen LogP contribution in [0.5, 0.6) is 0 Å². The Morgan fingerprint density at radius 3 is 2.33 bits per heavy atom. The molecule has 0 aromatic carbocycles. The second-order valence-corrected chi connectivity index (χ2v) is 4.87. The highest BCUT2D eigenvalue weighted by molar-refractivity contribution is 7.91. The Morgan fingerprint density at radius 1 is 1.50 bits per heavy atom. The van der Waals surface area contributed by atoms with Crippen LogP contribution in [0.3, 0.4) is 0 Å². The van der Waals surface area contributed by atoms with E-state index in [-0.39, 0.29) is 23.5 Å². The van der Waals surface area contributed by atoms with Gasteiger partial charge in [0.15, 0.2) is 0 Å². The Balaban J connectivity index is 4.02. The van der Waals surface area contributed by atoms with Gasteiger partial charge in [0.2, 0.25) is 0 Å². The van der Waals surface area contributed by atoms with Gasteiger partial charge >= 0.3 is 5.97 Å². The number of carboxylic acids is 1. The highest BCUT2D eigenvalue weighted by Gasteiger charge is 2.11. The lowest BCUT2D eigenvalue weighted by molar-refractivity contribution is -0.132. The zero-order valence-electron chi connectivity index (χ0n) is 6.91. The number of rotatable bonds is 5. The number of hydrogen-bond acceptors (Lipinski definition) is 3. The van der Waals surface area contributed by atoms with Crippen molar-refractivity contribution in [1.29, 1.82) is 0 Å². The molecule has 0 bridgehead atoms. The quantitative estimate of drug-likeness (QED) is 0.642. The summed E-state index contributed by atoms with van der Waals surface area (Å²) in [7, 11) is -3.07. The van der Waals surface area contributed by atoms with E-state index in [1.165, 1.54) is 6.92 Å². The lowest BCUT2D eigenvalue weighted by Crippen LogP contribution is -2.11. The van der Waals surface area contributed by atoms with Crippen molar-refractivity contribution in [1.82, 2.24) is 0 Å². The van der Waals surface area contributed by atoms with Crippen molar-refractivity contribution in [3.8, 4) is 0 Å². The molecule has 12 heavy (non-hydrogen) atoms. The summed E-state index contributed by atoms with van der Waals surface area (Å²) >= 11 is 0. The average molecular weight is 192 g/mol. The molecule has 4 nitrogen and oxygen atoms in total. The standard InChI is InChI=1S/C7H12O4S/c1-3-12(10,11)5-4-6(2)7(8)9/h2-5H2,1H3,(H,8,9). The van der Waals surface area contributed by atoms with E-state index in [2.05, 4.69) is 6.58 Å². The van der Waals surface area contributed by atoms with E-state index in [0.717, 1.165) is 0 Å². The van der Waals surface area contributed by atoms with Crippen LogP contribution in [-0.4, -0.2) is 31.0 Å². The maximum atomic E-state index is 10.9. The zero-order chi connectivity index (χ0) is 9.78. The largest absolute Gasteiger partial charge is 0.478 e. The van der Waals surface area contributed by atoms with Gasteiger partial charge in [-0.15, -0.1) is 0 Å². The monoisotopic (exact) mass is 192 g/mol. The SMILES string of the molecule is C=C(CCS(=O)(=O)CC)C(=O)O. The fourth-order valence-corrected chi connectivity index (χ4v) is 1.38. The van der Waals surface area contributed by atoms with Crippen molar-refractivity contribution < 1.29 is 18.3 Å². The van der Waals surface area contributed by atoms with Crippen molar-refractivity contribution in [2.75, 3.05) is 11.5 Å². The van der Waals surface area contributed by atoms with Crippen LogP contribution in [0, 0.1) is 0 Å². The van der Waals surface area contributed by atoms with E-state index in [1.807, 2.05) is 0 Å². The molecule has 0 aliphatic carbocycles. The predicted molar refractivity (Wildman–Crippen MR) is 45.7 cm³/mol. The molecule has 0 aromatic heterocycles. The van der Waals surface area contributed by atoms with Gasteiger partial charge in [0, 0.05) is 11.3 Å². The number of carboxylic acid groups (broad SMARTS) is 1. The number of aliphatic carboxylic acids is 1. The molecular formula is C7H12O4S. The Kier molecular flexibility index (Phi) is 3.95. The van der Waals surface area contributed by atoms with E-state index in [9.17, 15) is 13.2 Å². The van der Waals surface area contributed by atoms with Gasteiger partial charge in [-0.25, -0.2) is 13.2 Å². The maximum Gasteiger partial charge on any atom is 0.330 e. The minimum Gasteiger partial charge on any atom is -0.478 e. The fraction of sp³-hybridized carbons (Fsp3) is 0.571. The summed E-state index contributed by atoms with van der Waals surface area (Å²) in [5.74, 6) is -1.23. The summed E-state index contributed by atoms with van der Waals surface area (Å²) < 4.78 is 21.8. The third-order valence-electron chi connectivity index (χ3n) is 1.46. The Hall–Kier alpha value is -0.840. The molecule has 1 N–H and O–H groups in total. The van der Waals surface area contributed by atoms with Crippen LogP contribution in [0.2, 0.25) is 0 Å². The van der Waals surface area contributed by atoms with Crippen molar-refractivity contribution >= 4 is 15.8 Å². The van der Waals surface area contributed by atoms with Crippen molar-refractivity contribution in [3.05, 3.63) is 12.2 Å². The zero-order valence-corrected chi connectivity index (χ0v) is 7.73. The van der Waals surface area contributed by atoms with Crippen LogP contribution in [-0.2, 0) is 14.6 Å². The normalized spacial score (nSPS) is 11.1. The first-order valence-corrected chi connectivity index (χ1v) is 5.32. The Labute approximate surface area is 71.8 Å². The van der Waals surface area contributed by atoms with Crippen LogP contribution < -0.4 is 0 Å². The van der Waals surface area contributed by atoms with Gasteiger partial charge in [-0.3, -0.25) is 0 Å². The third-order valence-corrected chi connectivity index (χ3v) is 3.16. The maximum absolute atomic E-state index is 10.9. The van der Waals surface area contributed by atoms with E-state index in [0.29, 0.717) is 0 Å². The summed E-state index contributed by atoms with van der Waals surface area (Å²) in [5, 5.41) is 8.36. The van der Waals surface area contributed by atoms with Gasteiger partial charge in [-0.2, -0.15) is 0 Å². The lowest BCUT2D eigenvalue weighted by atomic mass is 10.2. The van der Waals surface area contributed by atoms with Crippen molar-refractivity contribution in [2.45, 2.75) is 13.3 Å². The topological polar surface area (TPSA) is 71.4 Å². The summed E-state index contributed by atoms with van der Waals surface area (Å²) in [5.41, 5.74) is -0.0629. The lowest BCUT2D eigenvalue weighted by Gasteiger charge is -2.00. The molecule has 0 rings (SSSR count). The smallest absolute Gasteiger partial charge is 0.330 e. The summed E-state index contributed by atoms with van der Waals surface area (Å²) in [6.07, 6.45) is 0.00546. The van der Waals surface area contributed by atoms with Gasteiger partial charge in [0.1, 0.15) is 9.84 Å². The van der Waals surface area contributed by atoms with Crippen molar-refractivity contribution in [3.63, 3.8) is 0 Å². The van der Waals surface area contributed by atoms with E-state index in [1.54, 1.807) is 0 Å². The molecule has 0 heterocycles. The first kappa shape index (κ1) is 11.2. The van der Waals surface area contributed by atoms with Crippen LogP contribution in [0.15, 0.2) is 12.2 Å². The molecule has 0 radical (unpaired) electrons. The summed E-state index contributed by atoms with van der Waals surface area (Å²) in [6.45, 7) is 4.75. The van der Waals surface area contributed by atoms with E-state index in [4.69, 9.17) is 5.11 Å². The van der Waals surface area contributed by atoms with E-state index >= 15 is 0 Å². The molecule has 0 amide bonds. The second kappa shape index (κ2) is 4.25. The molecule has 0 aliphatic heterocycles. The van der Waals surface area contributed by atoms with Crippen LogP contribution in [0.4, 0.5) is 0 Å². The minimum absolute atomic E-state index is 0.00546. The molecular weight excluding hydrogens is 180 g/mol. The molecule has 5 heteroatoms. The Bertz CT molecular complexity index is 276. The van der Waals surface area contributed by atoms with Crippen molar-refractivity contribution in [2.24, 2.45) is 0 Å². The average Bonchev–Trinajstić information content (AvgIpc) is 2.00. The highest BCUT2D eigenvalue weighted by Crippen LogP contribution is 2.02. The third kappa shape index (κ3) is 4.12. The molecule has 0 aliphatic rings. The first-order chi connectivity index (χ1) is 5.39. The van der Waals surface area contributed by atoms with Gasteiger partial charge in [-0.1, -0.05) is 13.5 Å². The van der Waals surface area contributed by atoms with Crippen LogP contribution in [0.1, 0.15) is 13.3 Å². The number of carbonyl (C=O) groups is 1. The highest BCUT2D eigenvalue weighted by atomic mass is 32.2. The van der Waals surface area contributed by atoms with Gasteiger partial charge < -0.3 is 5.11 Å². The fourth-order valence-electron chi connectivity index (χ4n) is 0.530. The first-order valence-electron chi connectivity index (χ1n) is 3.50. The van der Waals surface area contributed by atoms with Gasteiger partial charge in [0.05, 0.1) is 5.75 Å².